The van der Waals surface area contributed by atoms with Crippen LogP contribution in [0.5, 0.6) is 0 Å². The molecule has 0 saturated heterocycles. The predicted octanol–water partition coefficient (Wildman–Crippen LogP) is 4.40. The maximum absolute atomic E-state index is 12.3. The van der Waals surface area contributed by atoms with E-state index in [2.05, 4.69) is 9.97 Å². The minimum Gasteiger partial charge on any atom is -0.464 e. The number of hydrogen-bond donors (Lipinski definition) is 1. The Morgan fingerprint density at radius 3 is 2.68 bits per heavy atom. The molecule has 2 aromatic carbocycles. The van der Waals surface area contributed by atoms with E-state index in [1.165, 1.54) is 18.5 Å². The molecule has 0 fully saturated rings. The van der Waals surface area contributed by atoms with Gasteiger partial charge in [0.15, 0.2) is 9.84 Å². The molecule has 3 aromatic heterocycles. The zero-order chi connectivity index (χ0) is 21.8. The topological polar surface area (TPSA) is 112 Å². The van der Waals surface area contributed by atoms with Crippen molar-refractivity contribution in [2.75, 3.05) is 12.0 Å². The van der Waals surface area contributed by atoms with Crippen molar-refractivity contribution in [1.82, 2.24) is 15.0 Å². The SMILES string of the molecule is Cc1coc2ccc(-c3cc(N)cc4ncc(-c5cnccc5S(C)(=O)=O)nc34)cc12. The summed E-state index contributed by atoms with van der Waals surface area (Å²) >= 11 is 0. The summed E-state index contributed by atoms with van der Waals surface area (Å²) in [5.41, 5.74) is 12.3. The molecule has 8 heteroatoms. The zero-order valence-electron chi connectivity index (χ0n) is 16.8. The Kier molecular flexibility index (Phi) is 4.26. The number of rotatable bonds is 3. The predicted molar refractivity (Wildman–Crippen MR) is 120 cm³/mol. The molecule has 0 bridgehead atoms. The Bertz CT molecular complexity index is 1590. The van der Waals surface area contributed by atoms with Crippen molar-refractivity contribution in [3.05, 3.63) is 66.8 Å². The van der Waals surface area contributed by atoms with Gasteiger partial charge in [-0.2, -0.15) is 0 Å². The summed E-state index contributed by atoms with van der Waals surface area (Å²) in [6, 6.07) is 10.9. The smallest absolute Gasteiger partial charge is 0.176 e. The summed E-state index contributed by atoms with van der Waals surface area (Å²) < 4.78 is 30.1. The highest BCUT2D eigenvalue weighted by Crippen LogP contribution is 2.34. The van der Waals surface area contributed by atoms with Crippen molar-refractivity contribution in [3.8, 4) is 22.4 Å². The van der Waals surface area contributed by atoms with Gasteiger partial charge in [-0.25, -0.2) is 13.4 Å². The van der Waals surface area contributed by atoms with E-state index in [-0.39, 0.29) is 4.90 Å². The first-order valence-corrected chi connectivity index (χ1v) is 11.4. The normalized spacial score (nSPS) is 11.9. The molecule has 154 valence electrons. The summed E-state index contributed by atoms with van der Waals surface area (Å²) in [4.78, 5) is 13.5. The van der Waals surface area contributed by atoms with Gasteiger partial charge in [0, 0.05) is 40.8 Å². The van der Waals surface area contributed by atoms with Gasteiger partial charge in [-0.3, -0.25) is 9.97 Å². The summed E-state index contributed by atoms with van der Waals surface area (Å²) in [7, 11) is -3.46. The summed E-state index contributed by atoms with van der Waals surface area (Å²) in [5, 5.41) is 1.00. The van der Waals surface area contributed by atoms with E-state index in [0.29, 0.717) is 28.0 Å². The number of nitrogens with two attached hydrogens (primary N) is 1. The Hall–Kier alpha value is -3.78. The fraction of sp³-hybridized carbons (Fsp3) is 0.0870. The molecule has 5 rings (SSSR count). The summed E-state index contributed by atoms with van der Waals surface area (Å²) in [6.07, 6.45) is 7.36. The Morgan fingerprint density at radius 1 is 1.03 bits per heavy atom. The van der Waals surface area contributed by atoms with Crippen LogP contribution in [-0.2, 0) is 9.84 Å². The average molecular weight is 430 g/mol. The van der Waals surface area contributed by atoms with Crippen LogP contribution >= 0.6 is 0 Å². The monoisotopic (exact) mass is 430 g/mol. The van der Waals surface area contributed by atoms with Crippen molar-refractivity contribution in [1.29, 1.82) is 0 Å². The largest absolute Gasteiger partial charge is 0.464 e. The van der Waals surface area contributed by atoms with E-state index in [1.54, 1.807) is 18.5 Å². The third kappa shape index (κ3) is 3.30. The zero-order valence-corrected chi connectivity index (χ0v) is 17.6. The molecule has 0 aliphatic rings. The van der Waals surface area contributed by atoms with Crippen LogP contribution in [0.2, 0.25) is 0 Å². The van der Waals surface area contributed by atoms with Crippen molar-refractivity contribution in [2.24, 2.45) is 0 Å². The average Bonchev–Trinajstić information content (AvgIpc) is 3.12. The molecule has 0 amide bonds. The molecule has 3 heterocycles. The Balaban J connectivity index is 1.78. The molecule has 31 heavy (non-hydrogen) atoms. The molecule has 2 N–H and O–H groups in total. The van der Waals surface area contributed by atoms with E-state index < -0.39 is 9.84 Å². The van der Waals surface area contributed by atoms with Gasteiger partial charge in [0.2, 0.25) is 0 Å². The number of benzene rings is 2. The molecule has 7 nitrogen and oxygen atoms in total. The van der Waals surface area contributed by atoms with E-state index in [1.807, 2.05) is 31.2 Å². The van der Waals surface area contributed by atoms with Crippen molar-refractivity contribution in [2.45, 2.75) is 11.8 Å². The lowest BCUT2D eigenvalue weighted by Gasteiger charge is -2.11. The quantitative estimate of drug-likeness (QED) is 0.422. The number of aryl methyl sites for hydroxylation is 1. The first-order valence-electron chi connectivity index (χ1n) is 9.50. The minimum atomic E-state index is -3.46. The number of pyridine rings is 1. The lowest BCUT2D eigenvalue weighted by molar-refractivity contribution is 0.602. The van der Waals surface area contributed by atoms with Gasteiger partial charge in [-0.1, -0.05) is 6.07 Å². The number of furan rings is 1. The lowest BCUT2D eigenvalue weighted by Crippen LogP contribution is -2.02. The number of nitrogens with zero attached hydrogens (tertiary/aromatic N) is 3. The van der Waals surface area contributed by atoms with Crippen molar-refractivity contribution >= 4 is 37.5 Å². The molecular weight excluding hydrogens is 412 g/mol. The van der Waals surface area contributed by atoms with Crippen molar-refractivity contribution < 1.29 is 12.8 Å². The molecule has 0 saturated carbocycles. The van der Waals surface area contributed by atoms with E-state index in [9.17, 15) is 8.42 Å². The second-order valence-corrected chi connectivity index (χ2v) is 9.45. The standard InChI is InChI=1S/C23H18N4O3S/c1-13-12-30-21-4-3-14(7-16(13)21)17-8-15(24)9-19-23(17)27-20(11-26-19)18-10-25-6-5-22(18)31(2,28)29/h3-12H,24H2,1-2H3. The lowest BCUT2D eigenvalue weighted by atomic mass is 10.0. The second-order valence-electron chi connectivity index (χ2n) is 7.47. The van der Waals surface area contributed by atoms with Crippen molar-refractivity contribution in [3.63, 3.8) is 0 Å². The number of fused-ring (bicyclic) bond motifs is 2. The summed E-state index contributed by atoms with van der Waals surface area (Å²) in [5.74, 6) is 0. The molecule has 0 unspecified atom stereocenters. The Labute approximate surface area is 178 Å². The van der Waals surface area contributed by atoms with Crippen LogP contribution in [0.25, 0.3) is 44.4 Å². The van der Waals surface area contributed by atoms with Gasteiger partial charge in [0.25, 0.3) is 0 Å². The Morgan fingerprint density at radius 2 is 1.87 bits per heavy atom. The number of nitrogen functional groups attached to an aromatic ring is 1. The highest BCUT2D eigenvalue weighted by Gasteiger charge is 2.18. The molecule has 5 aromatic rings. The number of sulfone groups is 1. The van der Waals surface area contributed by atoms with Crippen LogP contribution in [0.3, 0.4) is 0 Å². The third-order valence-corrected chi connectivity index (χ3v) is 6.36. The van der Waals surface area contributed by atoms with Gasteiger partial charge in [0.1, 0.15) is 5.58 Å². The van der Waals surface area contributed by atoms with Crippen LogP contribution in [0.1, 0.15) is 5.56 Å². The number of anilines is 1. The van der Waals surface area contributed by atoms with Gasteiger partial charge >= 0.3 is 0 Å². The molecule has 0 aliphatic heterocycles. The third-order valence-electron chi connectivity index (χ3n) is 5.20. The van der Waals surface area contributed by atoms with Gasteiger partial charge in [-0.05, 0) is 48.4 Å². The van der Waals surface area contributed by atoms with E-state index >= 15 is 0 Å². The second kappa shape index (κ2) is 6.88. The highest BCUT2D eigenvalue weighted by atomic mass is 32.2. The van der Waals surface area contributed by atoms with Crippen LogP contribution < -0.4 is 5.73 Å². The number of aromatic nitrogens is 3. The van der Waals surface area contributed by atoms with Gasteiger partial charge in [0.05, 0.1) is 34.1 Å². The maximum Gasteiger partial charge on any atom is 0.176 e. The van der Waals surface area contributed by atoms with Gasteiger partial charge in [-0.15, -0.1) is 0 Å². The molecule has 0 aliphatic carbocycles. The molecular formula is C23H18N4O3S. The first kappa shape index (κ1) is 19.2. The van der Waals surface area contributed by atoms with Crippen LogP contribution in [0.15, 0.2) is 70.6 Å². The van der Waals surface area contributed by atoms with Crippen LogP contribution in [-0.4, -0.2) is 29.6 Å². The molecule has 0 atom stereocenters. The van der Waals surface area contributed by atoms with E-state index in [0.717, 1.165) is 33.9 Å². The summed E-state index contributed by atoms with van der Waals surface area (Å²) in [6.45, 7) is 1.99. The van der Waals surface area contributed by atoms with Crippen LogP contribution in [0, 0.1) is 6.92 Å². The first-order chi connectivity index (χ1) is 14.8. The van der Waals surface area contributed by atoms with E-state index in [4.69, 9.17) is 15.1 Å². The van der Waals surface area contributed by atoms with Crippen LogP contribution in [0.4, 0.5) is 5.69 Å². The molecule has 0 spiro atoms. The van der Waals surface area contributed by atoms with Gasteiger partial charge < -0.3 is 10.2 Å². The molecule has 0 radical (unpaired) electrons. The highest BCUT2D eigenvalue weighted by molar-refractivity contribution is 7.90. The minimum absolute atomic E-state index is 0.156. The fourth-order valence-corrected chi connectivity index (χ4v) is 4.57. The fourth-order valence-electron chi connectivity index (χ4n) is 3.71. The number of hydrogen-bond acceptors (Lipinski definition) is 7. The maximum atomic E-state index is 12.3.